The molecule has 106 valence electrons. The molecule has 2 heterocycles. The molecule has 2 rings (SSSR count). The third kappa shape index (κ3) is 2.89. The highest BCUT2D eigenvalue weighted by Gasteiger charge is 2.29. The Bertz CT molecular complexity index is 405. The topological polar surface area (TPSA) is 73.5 Å². The Hall–Kier alpha value is -1.56. The smallest absolute Gasteiger partial charge is 0.232 e. The van der Waals surface area contributed by atoms with Crippen LogP contribution >= 0.6 is 0 Å². The van der Waals surface area contributed by atoms with Gasteiger partial charge in [-0.3, -0.25) is 0 Å². The lowest BCUT2D eigenvalue weighted by Crippen LogP contribution is -2.49. The Morgan fingerprint density at radius 3 is 2.42 bits per heavy atom. The van der Waals surface area contributed by atoms with E-state index in [0.717, 1.165) is 12.8 Å². The average Bonchev–Trinajstić information content (AvgIpc) is 2.46. The molecule has 1 aliphatic rings. The maximum atomic E-state index is 5.87. The summed E-state index contributed by atoms with van der Waals surface area (Å²) in [6.07, 6.45) is 3.39. The predicted molar refractivity (Wildman–Crippen MR) is 73.8 cm³/mol. The third-order valence-electron chi connectivity index (χ3n) is 3.62. The van der Waals surface area contributed by atoms with Gasteiger partial charge in [-0.15, -0.1) is 0 Å². The highest BCUT2D eigenvalue weighted by Crippen LogP contribution is 2.29. The minimum absolute atomic E-state index is 0.278. The van der Waals surface area contributed by atoms with Gasteiger partial charge in [-0.05, 0) is 26.2 Å². The van der Waals surface area contributed by atoms with Gasteiger partial charge < -0.3 is 20.1 Å². The molecule has 0 aliphatic carbocycles. The van der Waals surface area contributed by atoms with Crippen molar-refractivity contribution in [2.75, 3.05) is 25.7 Å². The first-order valence-electron chi connectivity index (χ1n) is 6.65. The van der Waals surface area contributed by atoms with Gasteiger partial charge in [-0.2, -0.15) is 9.97 Å². The van der Waals surface area contributed by atoms with Crippen LogP contribution in [-0.2, 0) is 0 Å². The zero-order valence-electron chi connectivity index (χ0n) is 11.8. The fourth-order valence-electron chi connectivity index (χ4n) is 2.60. The highest BCUT2D eigenvalue weighted by atomic mass is 16.5. The first kappa shape index (κ1) is 13.9. The van der Waals surface area contributed by atoms with Gasteiger partial charge >= 0.3 is 0 Å². The molecular weight excluding hydrogens is 244 g/mol. The van der Waals surface area contributed by atoms with E-state index in [1.807, 2.05) is 0 Å². The summed E-state index contributed by atoms with van der Waals surface area (Å²) < 4.78 is 10.4. The molecule has 19 heavy (non-hydrogen) atoms. The number of aromatic nitrogens is 2. The number of hydrogen-bond acceptors (Lipinski definition) is 6. The Morgan fingerprint density at radius 2 is 1.89 bits per heavy atom. The van der Waals surface area contributed by atoms with Gasteiger partial charge in [-0.25, -0.2) is 0 Å². The summed E-state index contributed by atoms with van der Waals surface area (Å²) in [5.74, 6) is 1.66. The number of rotatable bonds is 4. The maximum absolute atomic E-state index is 5.87. The predicted octanol–water partition coefficient (Wildman–Crippen LogP) is 1.20. The van der Waals surface area contributed by atoms with Gasteiger partial charge in [0.1, 0.15) is 0 Å². The van der Waals surface area contributed by atoms with Crippen LogP contribution in [0.1, 0.15) is 26.2 Å². The highest BCUT2D eigenvalue weighted by molar-refractivity contribution is 5.39. The lowest BCUT2D eigenvalue weighted by molar-refractivity contribution is 0.359. The molecule has 2 unspecified atom stereocenters. The molecule has 6 heteroatoms. The molecule has 0 saturated carbocycles. The lowest BCUT2D eigenvalue weighted by Gasteiger charge is -2.40. The second-order valence-electron chi connectivity index (χ2n) is 4.83. The first-order valence-corrected chi connectivity index (χ1v) is 6.65. The molecule has 2 N–H and O–H groups in total. The standard InChI is InChI=1S/C13H22N4O2/c1-9-5-4-6-10(8-14)17(9)13-15-11(18-2)7-12(16-13)19-3/h7,9-10H,4-6,8,14H2,1-3H3. The van der Waals surface area contributed by atoms with E-state index in [1.54, 1.807) is 20.3 Å². The molecule has 6 nitrogen and oxygen atoms in total. The molecule has 0 radical (unpaired) electrons. The monoisotopic (exact) mass is 266 g/mol. The van der Waals surface area contributed by atoms with Crippen molar-refractivity contribution in [3.05, 3.63) is 6.07 Å². The van der Waals surface area contributed by atoms with Gasteiger partial charge in [0.05, 0.1) is 20.3 Å². The van der Waals surface area contributed by atoms with E-state index in [4.69, 9.17) is 15.2 Å². The zero-order valence-corrected chi connectivity index (χ0v) is 11.8. The second-order valence-corrected chi connectivity index (χ2v) is 4.83. The molecule has 1 saturated heterocycles. The number of methoxy groups -OCH3 is 2. The van der Waals surface area contributed by atoms with Crippen molar-refractivity contribution in [3.63, 3.8) is 0 Å². The van der Waals surface area contributed by atoms with Gasteiger partial charge in [0.2, 0.25) is 17.7 Å². The van der Waals surface area contributed by atoms with Crippen LogP contribution in [0.3, 0.4) is 0 Å². The minimum Gasteiger partial charge on any atom is -0.481 e. The van der Waals surface area contributed by atoms with Crippen molar-refractivity contribution >= 4 is 5.95 Å². The Morgan fingerprint density at radius 1 is 1.26 bits per heavy atom. The number of nitrogens with two attached hydrogens (primary N) is 1. The van der Waals surface area contributed by atoms with E-state index in [9.17, 15) is 0 Å². The summed E-state index contributed by atoms with van der Waals surface area (Å²) in [7, 11) is 3.18. The van der Waals surface area contributed by atoms with Gasteiger partial charge in [-0.1, -0.05) is 0 Å². The molecule has 2 atom stereocenters. The fourth-order valence-corrected chi connectivity index (χ4v) is 2.60. The summed E-state index contributed by atoms with van der Waals surface area (Å²) in [5, 5.41) is 0. The Balaban J connectivity index is 2.36. The molecule has 0 spiro atoms. The van der Waals surface area contributed by atoms with E-state index in [2.05, 4.69) is 21.8 Å². The van der Waals surface area contributed by atoms with Crippen LogP contribution in [0.15, 0.2) is 6.07 Å². The van der Waals surface area contributed by atoms with Crippen molar-refractivity contribution < 1.29 is 9.47 Å². The van der Waals surface area contributed by atoms with E-state index in [1.165, 1.54) is 6.42 Å². The van der Waals surface area contributed by atoms with Crippen LogP contribution in [0.5, 0.6) is 11.8 Å². The average molecular weight is 266 g/mol. The van der Waals surface area contributed by atoms with Crippen molar-refractivity contribution in [2.45, 2.75) is 38.3 Å². The number of hydrogen-bond donors (Lipinski definition) is 1. The molecule has 0 amide bonds. The number of ether oxygens (including phenoxy) is 2. The number of nitrogens with zero attached hydrogens (tertiary/aromatic N) is 3. The van der Waals surface area contributed by atoms with Gasteiger partial charge in [0.15, 0.2) is 0 Å². The minimum atomic E-state index is 0.278. The molecule has 1 aromatic rings. The van der Waals surface area contributed by atoms with E-state index in [0.29, 0.717) is 30.3 Å². The lowest BCUT2D eigenvalue weighted by atomic mass is 9.97. The van der Waals surface area contributed by atoms with E-state index in [-0.39, 0.29) is 6.04 Å². The number of anilines is 1. The molecular formula is C13H22N4O2. The Kier molecular flexibility index (Phi) is 4.42. The van der Waals surface area contributed by atoms with Crippen molar-refractivity contribution in [3.8, 4) is 11.8 Å². The fraction of sp³-hybridized carbons (Fsp3) is 0.692. The van der Waals surface area contributed by atoms with E-state index >= 15 is 0 Å². The Labute approximate surface area is 113 Å². The first-order chi connectivity index (χ1) is 9.19. The van der Waals surface area contributed by atoms with Crippen molar-refractivity contribution in [1.29, 1.82) is 0 Å². The SMILES string of the molecule is COc1cc(OC)nc(N2C(C)CCCC2CN)n1. The van der Waals surface area contributed by atoms with Crippen LogP contribution in [-0.4, -0.2) is 42.8 Å². The van der Waals surface area contributed by atoms with Crippen molar-refractivity contribution in [2.24, 2.45) is 5.73 Å². The van der Waals surface area contributed by atoms with Crippen molar-refractivity contribution in [1.82, 2.24) is 9.97 Å². The molecule has 1 fully saturated rings. The van der Waals surface area contributed by atoms with Crippen LogP contribution in [0, 0.1) is 0 Å². The van der Waals surface area contributed by atoms with Crippen LogP contribution in [0.4, 0.5) is 5.95 Å². The molecule has 1 aromatic heterocycles. The molecule has 0 aromatic carbocycles. The number of piperidine rings is 1. The normalized spacial score (nSPS) is 23.3. The summed E-state index contributed by atoms with van der Waals surface area (Å²) in [4.78, 5) is 11.0. The molecule has 0 bridgehead atoms. The zero-order chi connectivity index (χ0) is 13.8. The summed E-state index contributed by atoms with van der Waals surface area (Å²) in [6, 6.07) is 2.33. The van der Waals surface area contributed by atoms with Gasteiger partial charge in [0.25, 0.3) is 0 Å². The quantitative estimate of drug-likeness (QED) is 0.882. The summed E-state index contributed by atoms with van der Waals surface area (Å²) >= 11 is 0. The van der Waals surface area contributed by atoms with Crippen LogP contribution in [0.2, 0.25) is 0 Å². The maximum Gasteiger partial charge on any atom is 0.232 e. The van der Waals surface area contributed by atoms with Crippen LogP contribution in [0.25, 0.3) is 0 Å². The van der Waals surface area contributed by atoms with E-state index < -0.39 is 0 Å². The summed E-state index contributed by atoms with van der Waals surface area (Å²) in [6.45, 7) is 2.78. The second kappa shape index (κ2) is 6.06. The molecule has 1 aliphatic heterocycles. The van der Waals surface area contributed by atoms with Gasteiger partial charge in [0, 0.05) is 18.6 Å². The third-order valence-corrected chi connectivity index (χ3v) is 3.62. The largest absolute Gasteiger partial charge is 0.481 e. The summed E-state index contributed by atoms with van der Waals surface area (Å²) in [5.41, 5.74) is 5.87. The van der Waals surface area contributed by atoms with Crippen LogP contribution < -0.4 is 20.1 Å².